The minimum Gasteiger partial charge on any atom is -0.370 e. The molecular weight excluding hydrogens is 839 g/mol. The number of benzene rings is 3. The van der Waals surface area contributed by atoms with Crippen molar-refractivity contribution in [1.29, 1.82) is 0 Å². The molecular formula is C51H59N7O8. The second kappa shape index (κ2) is 21.4. The van der Waals surface area contributed by atoms with Crippen molar-refractivity contribution < 1.29 is 38.4 Å². The zero-order valence-electron chi connectivity index (χ0n) is 37.7. The standard InChI is InChI=1S/C51H59N7O8/c1-33-31-56(45(61)22-13-5-3-4-8-15-34-20-14-21-38-39(34)32-57(50(38)65)42-26-28-44(60)55(2)51(42)66)30-29-37-23-25-41(58(37)49(33)64)48(63)53-40(24-27-43(52)59)47(62)54-46(35-16-9-6-10-17-35)36-18-11-7-12-19-36/h6-7,9-12,14,16-21,33,37,40-42,46H,3-5,13,22-32H2,1-2H3,(H2,52,59)(H,53,63)(H,54,62)/t33-,37+,40-,41-,42?/m0/s1. The summed E-state index contributed by atoms with van der Waals surface area (Å²) in [5, 5.41) is 5.95. The third-order valence-electron chi connectivity index (χ3n) is 13.3. The van der Waals surface area contributed by atoms with E-state index in [-0.39, 0.29) is 67.9 Å². The summed E-state index contributed by atoms with van der Waals surface area (Å²) in [6, 6.07) is 21.0. The summed E-state index contributed by atoms with van der Waals surface area (Å²) in [4.78, 5) is 112. The fraction of sp³-hybridized carbons (Fsp3) is 0.451. The van der Waals surface area contributed by atoms with Gasteiger partial charge < -0.3 is 31.1 Å². The predicted octanol–water partition coefficient (Wildman–Crippen LogP) is 3.98. The number of primary amides is 1. The maximum absolute atomic E-state index is 14.0. The number of carbonyl (C=O) groups excluding carboxylic acids is 8. The number of hydrogen-bond donors (Lipinski definition) is 3. The highest BCUT2D eigenvalue weighted by molar-refractivity contribution is 6.05. The van der Waals surface area contributed by atoms with E-state index < -0.39 is 47.8 Å². The van der Waals surface area contributed by atoms with Gasteiger partial charge in [-0.05, 0) is 73.8 Å². The molecule has 4 heterocycles. The Morgan fingerprint density at radius 1 is 0.803 bits per heavy atom. The van der Waals surface area contributed by atoms with Gasteiger partial charge >= 0.3 is 0 Å². The lowest BCUT2D eigenvalue weighted by molar-refractivity contribution is -0.150. The summed E-state index contributed by atoms with van der Waals surface area (Å²) >= 11 is 0. The van der Waals surface area contributed by atoms with Gasteiger partial charge in [-0.3, -0.25) is 43.3 Å². The number of likely N-dealkylation sites (tertiary alicyclic amines) is 1. The van der Waals surface area contributed by atoms with E-state index in [2.05, 4.69) is 22.5 Å². The number of rotatable bonds is 15. The van der Waals surface area contributed by atoms with Crippen molar-refractivity contribution in [3.63, 3.8) is 0 Å². The second-order valence-electron chi connectivity index (χ2n) is 17.8. The number of nitrogens with zero attached hydrogens (tertiary/aromatic N) is 4. The van der Waals surface area contributed by atoms with Crippen LogP contribution >= 0.6 is 0 Å². The number of piperidine rings is 1. The van der Waals surface area contributed by atoms with E-state index in [4.69, 9.17) is 5.73 Å². The van der Waals surface area contributed by atoms with E-state index in [9.17, 15) is 38.4 Å². The molecule has 3 saturated heterocycles. The Labute approximate surface area is 385 Å². The van der Waals surface area contributed by atoms with E-state index in [0.717, 1.165) is 40.0 Å². The molecule has 0 aromatic heterocycles. The van der Waals surface area contributed by atoms with Crippen molar-refractivity contribution in [1.82, 2.24) is 30.2 Å². The molecule has 0 aliphatic carbocycles. The monoisotopic (exact) mass is 897 g/mol. The van der Waals surface area contributed by atoms with Gasteiger partial charge in [0.15, 0.2) is 0 Å². The zero-order valence-corrected chi connectivity index (χ0v) is 37.7. The molecule has 3 aromatic carbocycles. The molecule has 4 aliphatic rings. The van der Waals surface area contributed by atoms with Gasteiger partial charge in [0.25, 0.3) is 11.8 Å². The Morgan fingerprint density at radius 2 is 1.52 bits per heavy atom. The number of carbonyl (C=O) groups is 8. The molecule has 15 nitrogen and oxygen atoms in total. The summed E-state index contributed by atoms with van der Waals surface area (Å²) in [5.41, 5.74) is 9.23. The van der Waals surface area contributed by atoms with Gasteiger partial charge in [-0.15, -0.1) is 0 Å². The van der Waals surface area contributed by atoms with Crippen molar-refractivity contribution in [2.45, 2.75) is 121 Å². The van der Waals surface area contributed by atoms with Crippen molar-refractivity contribution in [2.75, 3.05) is 20.1 Å². The zero-order chi connectivity index (χ0) is 46.9. The molecule has 3 aromatic rings. The van der Waals surface area contributed by atoms with Crippen LogP contribution in [-0.4, -0.2) is 111 Å². The smallest absolute Gasteiger partial charge is 0.255 e. The van der Waals surface area contributed by atoms with Crippen molar-refractivity contribution in [3.05, 3.63) is 107 Å². The Balaban J connectivity index is 0.891. The maximum atomic E-state index is 14.0. The first kappa shape index (κ1) is 47.2. The number of nitrogens with two attached hydrogens (primary N) is 1. The molecule has 1 unspecified atom stereocenters. The summed E-state index contributed by atoms with van der Waals surface area (Å²) < 4.78 is 0. The van der Waals surface area contributed by atoms with Gasteiger partial charge in [0.1, 0.15) is 18.1 Å². The first-order valence-corrected chi connectivity index (χ1v) is 23.1. The summed E-state index contributed by atoms with van der Waals surface area (Å²) in [5.74, 6) is 3.26. The van der Waals surface area contributed by atoms with Crippen molar-refractivity contribution in [3.8, 4) is 11.8 Å². The van der Waals surface area contributed by atoms with Crippen LogP contribution in [0.3, 0.4) is 0 Å². The number of likely N-dealkylation sites (N-methyl/N-ethyl adjacent to an activating group) is 1. The predicted molar refractivity (Wildman–Crippen MR) is 244 cm³/mol. The molecule has 0 spiro atoms. The van der Waals surface area contributed by atoms with Crippen LogP contribution in [0.5, 0.6) is 0 Å². The number of nitrogens with one attached hydrogen (secondary N) is 2. The second-order valence-corrected chi connectivity index (χ2v) is 17.8. The van der Waals surface area contributed by atoms with Crippen LogP contribution in [0.1, 0.15) is 123 Å². The van der Waals surface area contributed by atoms with Crippen LogP contribution in [0.15, 0.2) is 78.9 Å². The molecule has 0 bridgehead atoms. The molecule has 66 heavy (non-hydrogen) atoms. The van der Waals surface area contributed by atoms with Gasteiger partial charge in [0.05, 0.1) is 12.0 Å². The molecule has 4 aliphatic heterocycles. The molecule has 0 radical (unpaired) electrons. The lowest BCUT2D eigenvalue weighted by atomic mass is 9.98. The van der Waals surface area contributed by atoms with E-state index >= 15 is 0 Å². The first-order chi connectivity index (χ1) is 31.8. The van der Waals surface area contributed by atoms with Crippen LogP contribution < -0.4 is 16.4 Å². The highest BCUT2D eigenvalue weighted by Crippen LogP contribution is 2.33. The first-order valence-electron chi connectivity index (χ1n) is 23.1. The Kier molecular flexibility index (Phi) is 15.3. The largest absolute Gasteiger partial charge is 0.370 e. The number of hydrogen-bond acceptors (Lipinski definition) is 8. The van der Waals surface area contributed by atoms with E-state index in [0.29, 0.717) is 57.1 Å². The SMILES string of the molecule is C[C@H]1CN(C(=O)CCCCCC#Cc2cccc3c2CN(C2CCC(=O)N(C)C2=O)C3=O)CC[C@H]2CC[C@@H](C(=O)N[C@@H](CCC(N)=O)C(=O)NC(c3ccccc3)c3ccccc3)N2C1=O. The van der Waals surface area contributed by atoms with E-state index in [1.54, 1.807) is 33.8 Å². The average Bonchev–Trinajstić information content (AvgIpc) is 3.90. The minimum absolute atomic E-state index is 0.0126. The third-order valence-corrected chi connectivity index (χ3v) is 13.3. The fourth-order valence-electron chi connectivity index (χ4n) is 9.65. The fourth-order valence-corrected chi connectivity index (χ4v) is 9.65. The molecule has 15 heteroatoms. The van der Waals surface area contributed by atoms with E-state index in [1.807, 2.05) is 66.7 Å². The third kappa shape index (κ3) is 10.8. The maximum Gasteiger partial charge on any atom is 0.255 e. The van der Waals surface area contributed by atoms with Crippen LogP contribution in [0, 0.1) is 17.8 Å². The quantitative estimate of drug-likeness (QED) is 0.116. The lowest BCUT2D eigenvalue weighted by Gasteiger charge is -2.38. The average molecular weight is 898 g/mol. The van der Waals surface area contributed by atoms with Crippen LogP contribution in [0.25, 0.3) is 0 Å². The topological polar surface area (TPSA) is 200 Å². The summed E-state index contributed by atoms with van der Waals surface area (Å²) in [6.45, 7) is 2.72. The summed E-state index contributed by atoms with van der Waals surface area (Å²) in [7, 11) is 1.45. The molecule has 7 rings (SSSR count). The van der Waals surface area contributed by atoms with Crippen LogP contribution in [-0.2, 0) is 40.1 Å². The van der Waals surface area contributed by atoms with Gasteiger partial charge in [0.2, 0.25) is 35.4 Å². The van der Waals surface area contributed by atoms with Crippen molar-refractivity contribution in [2.24, 2.45) is 11.7 Å². The normalized spacial score (nSPS) is 21.1. The van der Waals surface area contributed by atoms with Crippen molar-refractivity contribution >= 4 is 47.3 Å². The Bertz CT molecular complexity index is 2360. The van der Waals surface area contributed by atoms with Crippen LogP contribution in [0.4, 0.5) is 0 Å². The van der Waals surface area contributed by atoms with E-state index in [1.165, 1.54) is 7.05 Å². The van der Waals surface area contributed by atoms with Gasteiger partial charge in [0, 0.05) is 69.5 Å². The lowest BCUT2D eigenvalue weighted by Crippen LogP contribution is -2.57. The van der Waals surface area contributed by atoms with Gasteiger partial charge in [-0.1, -0.05) is 91.9 Å². The van der Waals surface area contributed by atoms with Gasteiger partial charge in [-0.25, -0.2) is 0 Å². The number of imide groups is 1. The number of fused-ring (bicyclic) bond motifs is 2. The Hall–Kier alpha value is -6.82. The minimum atomic E-state index is -1.08. The molecule has 0 saturated carbocycles. The highest BCUT2D eigenvalue weighted by atomic mass is 16.2. The molecule has 3 fully saturated rings. The molecule has 4 N–H and O–H groups in total. The van der Waals surface area contributed by atoms with Gasteiger partial charge in [-0.2, -0.15) is 0 Å². The number of unbranched alkanes of at least 4 members (excludes halogenated alkanes) is 3. The molecule has 346 valence electrons. The molecule has 5 atom stereocenters. The van der Waals surface area contributed by atoms with Crippen LogP contribution in [0.2, 0.25) is 0 Å². The summed E-state index contributed by atoms with van der Waals surface area (Å²) in [6.07, 6.45) is 5.03. The Morgan fingerprint density at radius 3 is 2.21 bits per heavy atom. The number of amides is 8. The molecule has 8 amide bonds. The highest BCUT2D eigenvalue weighted by Gasteiger charge is 2.45.